The summed E-state index contributed by atoms with van der Waals surface area (Å²) in [6.07, 6.45) is 3.15. The van der Waals surface area contributed by atoms with E-state index in [1.807, 2.05) is 6.07 Å². The van der Waals surface area contributed by atoms with Crippen molar-refractivity contribution in [2.24, 2.45) is 0 Å². The van der Waals surface area contributed by atoms with E-state index in [2.05, 4.69) is 10.6 Å². The number of aromatic hydroxyl groups is 1. The van der Waals surface area contributed by atoms with Crippen molar-refractivity contribution in [2.75, 3.05) is 16.4 Å². The standard InChI is InChI=1S/C26H26FN3O4/c27-20-17-18(15-16-23(20)31)24(34-26(33)29-19-9-3-1-4-10-19)13-5-2-6-14-25(32)30-22-12-8-7-11-21(22)28/h1,3-4,6-12,14-17,24,31H,2,5,13,28H2,(H,29,33)(H,30,32)/b14-6+/t24-/m0/s1. The highest BCUT2D eigenvalue weighted by Crippen LogP contribution is 2.28. The van der Waals surface area contributed by atoms with Gasteiger partial charge in [0.15, 0.2) is 11.6 Å². The van der Waals surface area contributed by atoms with Gasteiger partial charge in [-0.2, -0.15) is 0 Å². The van der Waals surface area contributed by atoms with Crippen molar-refractivity contribution in [3.63, 3.8) is 0 Å². The number of hydrogen-bond acceptors (Lipinski definition) is 5. The van der Waals surface area contributed by atoms with Gasteiger partial charge in [0.1, 0.15) is 6.10 Å². The molecule has 0 aliphatic rings. The quantitative estimate of drug-likeness (QED) is 0.183. The van der Waals surface area contributed by atoms with Crippen molar-refractivity contribution >= 4 is 29.1 Å². The van der Waals surface area contributed by atoms with Crippen molar-refractivity contribution in [2.45, 2.75) is 25.4 Å². The zero-order valence-corrected chi connectivity index (χ0v) is 18.4. The molecule has 5 N–H and O–H groups in total. The van der Waals surface area contributed by atoms with Crippen molar-refractivity contribution < 1.29 is 23.8 Å². The van der Waals surface area contributed by atoms with E-state index in [4.69, 9.17) is 10.5 Å². The summed E-state index contributed by atoms with van der Waals surface area (Å²) in [5.74, 6) is -1.59. The second kappa shape index (κ2) is 12.1. The molecule has 7 nitrogen and oxygen atoms in total. The largest absolute Gasteiger partial charge is 0.505 e. The SMILES string of the molecule is Nc1ccccc1NC(=O)/C=C/CCC[C@H](OC(=O)Nc1ccccc1)c1ccc(O)c(F)c1. The van der Waals surface area contributed by atoms with Gasteiger partial charge in [0.05, 0.1) is 11.4 Å². The van der Waals surface area contributed by atoms with Gasteiger partial charge in [0, 0.05) is 5.69 Å². The normalized spacial score (nSPS) is 11.7. The third kappa shape index (κ3) is 7.37. The van der Waals surface area contributed by atoms with Gasteiger partial charge in [-0.15, -0.1) is 0 Å². The first-order valence-corrected chi connectivity index (χ1v) is 10.8. The summed E-state index contributed by atoms with van der Waals surface area (Å²) < 4.78 is 19.4. The lowest BCUT2D eigenvalue weighted by Gasteiger charge is -2.19. The number of halogens is 1. The van der Waals surface area contributed by atoms with Gasteiger partial charge in [-0.25, -0.2) is 9.18 Å². The number of phenols is 1. The summed E-state index contributed by atoms with van der Waals surface area (Å²) in [5, 5.41) is 14.8. The van der Waals surface area contributed by atoms with Crippen LogP contribution in [-0.4, -0.2) is 17.1 Å². The number of amides is 2. The van der Waals surface area contributed by atoms with E-state index < -0.39 is 23.8 Å². The minimum atomic E-state index is -0.800. The fourth-order valence-corrected chi connectivity index (χ4v) is 3.21. The zero-order valence-electron chi connectivity index (χ0n) is 18.4. The number of ether oxygens (including phenoxy) is 1. The fourth-order valence-electron chi connectivity index (χ4n) is 3.21. The molecule has 3 aromatic carbocycles. The van der Waals surface area contributed by atoms with E-state index in [0.717, 1.165) is 6.07 Å². The van der Waals surface area contributed by atoms with E-state index in [1.54, 1.807) is 54.6 Å². The van der Waals surface area contributed by atoms with Crippen molar-refractivity contribution in [1.29, 1.82) is 0 Å². The van der Waals surface area contributed by atoms with Crippen LogP contribution < -0.4 is 16.4 Å². The van der Waals surface area contributed by atoms with Crippen LogP contribution in [0.3, 0.4) is 0 Å². The molecule has 176 valence electrons. The molecule has 0 aromatic heterocycles. The monoisotopic (exact) mass is 463 g/mol. The molecule has 8 heteroatoms. The van der Waals surface area contributed by atoms with Crippen LogP contribution in [0.1, 0.15) is 30.9 Å². The van der Waals surface area contributed by atoms with Crippen molar-refractivity contribution in [1.82, 2.24) is 0 Å². The van der Waals surface area contributed by atoms with Crippen LogP contribution in [0.2, 0.25) is 0 Å². The average molecular weight is 464 g/mol. The second-order valence-electron chi connectivity index (χ2n) is 7.51. The highest BCUT2D eigenvalue weighted by molar-refractivity contribution is 6.01. The lowest BCUT2D eigenvalue weighted by atomic mass is 10.0. The molecule has 34 heavy (non-hydrogen) atoms. The first-order chi connectivity index (χ1) is 16.4. The number of nitrogens with one attached hydrogen (secondary N) is 2. The lowest BCUT2D eigenvalue weighted by molar-refractivity contribution is -0.111. The first kappa shape index (κ1) is 24.3. The molecule has 2 amide bonds. The van der Waals surface area contributed by atoms with Crippen LogP contribution >= 0.6 is 0 Å². The van der Waals surface area contributed by atoms with Gasteiger partial charge in [0.2, 0.25) is 5.91 Å². The smallest absolute Gasteiger partial charge is 0.412 e. The summed E-state index contributed by atoms with van der Waals surface area (Å²) in [7, 11) is 0. The minimum Gasteiger partial charge on any atom is -0.505 e. The van der Waals surface area contributed by atoms with E-state index in [0.29, 0.717) is 41.9 Å². The van der Waals surface area contributed by atoms with Crippen molar-refractivity contribution in [3.05, 3.63) is 96.3 Å². The first-order valence-electron chi connectivity index (χ1n) is 10.8. The Balaban J connectivity index is 1.57. The predicted molar refractivity (Wildman–Crippen MR) is 130 cm³/mol. The van der Waals surface area contributed by atoms with E-state index in [-0.39, 0.29) is 5.91 Å². The van der Waals surface area contributed by atoms with E-state index in [1.165, 1.54) is 18.2 Å². The van der Waals surface area contributed by atoms with Crippen LogP contribution in [0.25, 0.3) is 0 Å². The molecule has 0 aliphatic heterocycles. The molecule has 3 aromatic rings. The van der Waals surface area contributed by atoms with Crippen LogP contribution in [-0.2, 0) is 9.53 Å². The molecule has 0 unspecified atom stereocenters. The Morgan fingerprint density at radius 1 is 1.03 bits per heavy atom. The molecule has 3 rings (SSSR count). The Bertz CT molecular complexity index is 1150. The maximum atomic E-state index is 13.9. The molecule has 0 heterocycles. The summed E-state index contributed by atoms with van der Waals surface area (Å²) in [5.41, 5.74) is 7.80. The average Bonchev–Trinajstić information content (AvgIpc) is 2.82. The van der Waals surface area contributed by atoms with E-state index in [9.17, 15) is 19.1 Å². The number of benzene rings is 3. The third-order valence-corrected chi connectivity index (χ3v) is 4.94. The maximum absolute atomic E-state index is 13.9. The second-order valence-corrected chi connectivity index (χ2v) is 7.51. The highest BCUT2D eigenvalue weighted by atomic mass is 19.1. The molecule has 1 atom stereocenters. The lowest BCUT2D eigenvalue weighted by Crippen LogP contribution is -2.17. The number of phenolic OH excluding ortho intramolecular Hbond substituents is 1. The number of unbranched alkanes of at least 4 members (excludes halogenated alkanes) is 1. The Morgan fingerprint density at radius 3 is 2.50 bits per heavy atom. The number of rotatable bonds is 9. The summed E-state index contributed by atoms with van der Waals surface area (Å²) >= 11 is 0. The molecule has 0 aliphatic carbocycles. The number of carbonyl (C=O) groups excluding carboxylic acids is 2. The summed E-state index contributed by atoms with van der Waals surface area (Å²) in [6.45, 7) is 0. The molecular formula is C26H26FN3O4. The van der Waals surface area contributed by atoms with Crippen LogP contribution in [0.15, 0.2) is 84.9 Å². The van der Waals surface area contributed by atoms with Crippen molar-refractivity contribution in [3.8, 4) is 5.75 Å². The molecule has 0 spiro atoms. The molecular weight excluding hydrogens is 437 g/mol. The molecule has 0 radical (unpaired) electrons. The Hall–Kier alpha value is -4.33. The maximum Gasteiger partial charge on any atom is 0.412 e. The topological polar surface area (TPSA) is 114 Å². The number of allylic oxidation sites excluding steroid dienone is 1. The number of nitrogen functional groups attached to an aromatic ring is 1. The van der Waals surface area contributed by atoms with Crippen LogP contribution in [0, 0.1) is 5.82 Å². The number of hydrogen-bond donors (Lipinski definition) is 4. The van der Waals surface area contributed by atoms with Gasteiger partial charge in [0.25, 0.3) is 0 Å². The molecule has 0 bridgehead atoms. The fraction of sp³-hybridized carbons (Fsp3) is 0.154. The predicted octanol–water partition coefficient (Wildman–Crippen LogP) is 5.77. The van der Waals surface area contributed by atoms with Gasteiger partial charge >= 0.3 is 6.09 Å². The molecule has 0 saturated carbocycles. The van der Waals surface area contributed by atoms with E-state index >= 15 is 0 Å². The zero-order chi connectivity index (χ0) is 24.3. The number of anilines is 3. The van der Waals surface area contributed by atoms with Crippen LogP contribution in [0.4, 0.5) is 26.2 Å². The summed E-state index contributed by atoms with van der Waals surface area (Å²) in [6, 6.07) is 19.6. The highest BCUT2D eigenvalue weighted by Gasteiger charge is 2.18. The summed E-state index contributed by atoms with van der Waals surface area (Å²) in [4.78, 5) is 24.4. The number of nitrogens with two attached hydrogens (primary N) is 1. The van der Waals surface area contributed by atoms with Gasteiger partial charge in [-0.05, 0) is 67.3 Å². The Morgan fingerprint density at radius 2 is 1.76 bits per heavy atom. The van der Waals surface area contributed by atoms with Gasteiger partial charge in [-0.1, -0.05) is 42.5 Å². The van der Waals surface area contributed by atoms with Gasteiger partial charge < -0.3 is 20.9 Å². The minimum absolute atomic E-state index is 0.312. The Labute approximate surface area is 197 Å². The Kier molecular flexibility index (Phi) is 8.62. The molecule has 0 saturated heterocycles. The number of carbonyl (C=O) groups is 2. The third-order valence-electron chi connectivity index (χ3n) is 4.94. The molecule has 0 fully saturated rings. The van der Waals surface area contributed by atoms with Crippen LogP contribution in [0.5, 0.6) is 5.75 Å². The van der Waals surface area contributed by atoms with Gasteiger partial charge in [-0.3, -0.25) is 10.1 Å². The number of para-hydroxylation sites is 3.